The van der Waals surface area contributed by atoms with Gasteiger partial charge in [0.1, 0.15) is 0 Å². The molecule has 0 fully saturated rings. The van der Waals surface area contributed by atoms with Crippen LogP contribution < -0.4 is 0 Å². The highest BCUT2D eigenvalue weighted by Gasteiger charge is 2.16. The summed E-state index contributed by atoms with van der Waals surface area (Å²) in [4.78, 5) is 21.3. The lowest BCUT2D eigenvalue weighted by molar-refractivity contribution is 0.0745. The number of amides is 1. The second-order valence-corrected chi connectivity index (χ2v) is 7.76. The Morgan fingerprint density at radius 3 is 2.50 bits per heavy atom. The van der Waals surface area contributed by atoms with Crippen molar-refractivity contribution in [3.05, 3.63) is 82.8 Å². The Bertz CT molecular complexity index is 767. The molecule has 1 amide bonds. The minimum Gasteiger partial charge on any atom is -0.333 e. The molecule has 26 heavy (non-hydrogen) atoms. The first-order valence-electron chi connectivity index (χ1n) is 8.22. The SMILES string of the molecule is Cl.O=C(c1ccccc1)N(CCCSc1ccncc1)Cc1cccs1. The quantitative estimate of drug-likeness (QED) is 0.372. The Kier molecular flexibility index (Phi) is 8.68. The zero-order chi connectivity index (χ0) is 17.3. The lowest BCUT2D eigenvalue weighted by Gasteiger charge is -2.22. The van der Waals surface area contributed by atoms with Gasteiger partial charge in [-0.15, -0.1) is 35.5 Å². The van der Waals surface area contributed by atoms with Crippen molar-refractivity contribution in [1.29, 1.82) is 0 Å². The van der Waals surface area contributed by atoms with E-state index in [1.165, 1.54) is 9.77 Å². The maximum absolute atomic E-state index is 12.9. The average molecular weight is 405 g/mol. The number of thioether (sulfide) groups is 1. The molecule has 0 unspecified atom stereocenters. The molecule has 0 bridgehead atoms. The molecule has 3 nitrogen and oxygen atoms in total. The van der Waals surface area contributed by atoms with Crippen molar-refractivity contribution in [3.63, 3.8) is 0 Å². The molecule has 0 radical (unpaired) electrons. The zero-order valence-electron chi connectivity index (χ0n) is 14.3. The first-order chi connectivity index (χ1) is 12.3. The Labute approximate surface area is 168 Å². The summed E-state index contributed by atoms with van der Waals surface area (Å²) in [5.74, 6) is 1.08. The van der Waals surface area contributed by atoms with E-state index in [9.17, 15) is 4.79 Å². The second kappa shape index (κ2) is 11.0. The summed E-state index contributed by atoms with van der Waals surface area (Å²) in [5.41, 5.74) is 0.751. The van der Waals surface area contributed by atoms with E-state index in [4.69, 9.17) is 0 Å². The third kappa shape index (κ3) is 6.16. The molecule has 0 aliphatic carbocycles. The monoisotopic (exact) mass is 404 g/mol. The summed E-state index contributed by atoms with van der Waals surface area (Å²) < 4.78 is 0. The number of hydrogen-bond donors (Lipinski definition) is 0. The summed E-state index contributed by atoms with van der Waals surface area (Å²) in [6.07, 6.45) is 4.58. The number of carbonyl (C=O) groups excluding carboxylic acids is 1. The minimum atomic E-state index is 0. The van der Waals surface area contributed by atoms with Gasteiger partial charge in [0.15, 0.2) is 0 Å². The molecule has 0 saturated heterocycles. The molecule has 3 aromatic rings. The molecule has 0 N–H and O–H groups in total. The first-order valence-corrected chi connectivity index (χ1v) is 10.1. The summed E-state index contributed by atoms with van der Waals surface area (Å²) in [6, 6.07) is 17.7. The van der Waals surface area contributed by atoms with Crippen molar-refractivity contribution in [1.82, 2.24) is 9.88 Å². The zero-order valence-corrected chi connectivity index (χ0v) is 16.7. The van der Waals surface area contributed by atoms with Crippen LogP contribution in [0, 0.1) is 0 Å². The van der Waals surface area contributed by atoms with Crippen LogP contribution >= 0.6 is 35.5 Å². The van der Waals surface area contributed by atoms with Crippen LogP contribution in [0.2, 0.25) is 0 Å². The Hall–Kier alpha value is -1.82. The molecule has 0 aliphatic rings. The smallest absolute Gasteiger partial charge is 0.254 e. The summed E-state index contributed by atoms with van der Waals surface area (Å²) in [5, 5.41) is 2.06. The topological polar surface area (TPSA) is 33.2 Å². The number of nitrogens with zero attached hydrogens (tertiary/aromatic N) is 2. The van der Waals surface area contributed by atoms with E-state index >= 15 is 0 Å². The van der Waals surface area contributed by atoms with E-state index in [1.807, 2.05) is 65.8 Å². The Balaban J connectivity index is 0.00000243. The van der Waals surface area contributed by atoms with Gasteiger partial charge in [-0.3, -0.25) is 9.78 Å². The summed E-state index contributed by atoms with van der Waals surface area (Å²) in [7, 11) is 0. The number of rotatable bonds is 8. The van der Waals surface area contributed by atoms with E-state index in [-0.39, 0.29) is 18.3 Å². The van der Waals surface area contributed by atoms with E-state index in [0.29, 0.717) is 6.54 Å². The number of pyridine rings is 1. The van der Waals surface area contributed by atoms with Gasteiger partial charge in [0.25, 0.3) is 5.91 Å². The number of hydrogen-bond acceptors (Lipinski definition) is 4. The number of thiophene rings is 1. The number of benzene rings is 1. The number of halogens is 1. The standard InChI is InChI=1S/C20H20N2OS2.ClH/c23-20(17-6-2-1-3-7-17)22(16-19-8-4-14-25-19)13-5-15-24-18-9-11-21-12-10-18;/h1-4,6-12,14H,5,13,15-16H2;1H. The van der Waals surface area contributed by atoms with Gasteiger partial charge in [0.05, 0.1) is 6.54 Å². The van der Waals surface area contributed by atoms with Gasteiger partial charge in [0.2, 0.25) is 0 Å². The van der Waals surface area contributed by atoms with Gasteiger partial charge in [0, 0.05) is 34.3 Å². The van der Waals surface area contributed by atoms with Crippen LogP contribution in [0.3, 0.4) is 0 Å². The molecule has 6 heteroatoms. The molecule has 136 valence electrons. The van der Waals surface area contributed by atoms with Crippen molar-refractivity contribution in [2.75, 3.05) is 12.3 Å². The highest BCUT2D eigenvalue weighted by Crippen LogP contribution is 2.19. The highest BCUT2D eigenvalue weighted by atomic mass is 35.5. The maximum atomic E-state index is 12.9. The summed E-state index contributed by atoms with van der Waals surface area (Å²) >= 11 is 3.50. The molecule has 0 atom stereocenters. The average Bonchev–Trinajstić information content (AvgIpc) is 3.18. The van der Waals surface area contributed by atoms with Crippen molar-refractivity contribution in [2.24, 2.45) is 0 Å². The van der Waals surface area contributed by atoms with Crippen molar-refractivity contribution in [3.8, 4) is 0 Å². The molecule has 2 heterocycles. The van der Waals surface area contributed by atoms with Crippen LogP contribution in [0.25, 0.3) is 0 Å². The number of carbonyl (C=O) groups is 1. The fourth-order valence-corrected chi connectivity index (χ4v) is 4.03. The summed E-state index contributed by atoms with van der Waals surface area (Å²) in [6.45, 7) is 1.43. The van der Waals surface area contributed by atoms with Gasteiger partial charge in [-0.25, -0.2) is 0 Å². The van der Waals surface area contributed by atoms with Crippen LogP contribution in [-0.2, 0) is 6.54 Å². The molecule has 0 aliphatic heterocycles. The second-order valence-electron chi connectivity index (χ2n) is 5.56. The highest BCUT2D eigenvalue weighted by molar-refractivity contribution is 7.99. The molecule has 0 spiro atoms. The van der Waals surface area contributed by atoms with Gasteiger partial charge in [-0.05, 0) is 47.9 Å². The van der Waals surface area contributed by atoms with E-state index in [2.05, 4.69) is 16.4 Å². The van der Waals surface area contributed by atoms with Crippen LogP contribution in [-0.4, -0.2) is 28.1 Å². The van der Waals surface area contributed by atoms with Crippen LogP contribution in [0.1, 0.15) is 21.7 Å². The Morgan fingerprint density at radius 2 is 1.81 bits per heavy atom. The largest absolute Gasteiger partial charge is 0.333 e. The lowest BCUT2D eigenvalue weighted by Crippen LogP contribution is -2.31. The van der Waals surface area contributed by atoms with E-state index in [0.717, 1.165) is 24.3 Å². The maximum Gasteiger partial charge on any atom is 0.254 e. The van der Waals surface area contributed by atoms with Gasteiger partial charge < -0.3 is 4.90 Å². The third-order valence-electron chi connectivity index (χ3n) is 3.73. The van der Waals surface area contributed by atoms with Gasteiger partial charge in [-0.2, -0.15) is 0 Å². The predicted octanol–water partition coefficient (Wildman–Crippen LogP) is 5.39. The van der Waals surface area contributed by atoms with Gasteiger partial charge >= 0.3 is 0 Å². The molecular formula is C20H21ClN2OS2. The van der Waals surface area contributed by atoms with Crippen molar-refractivity contribution in [2.45, 2.75) is 17.9 Å². The third-order valence-corrected chi connectivity index (χ3v) is 5.69. The molecule has 2 aromatic heterocycles. The minimum absolute atomic E-state index is 0. The fraction of sp³-hybridized carbons (Fsp3) is 0.200. The lowest BCUT2D eigenvalue weighted by atomic mass is 10.2. The molecule has 0 saturated carbocycles. The van der Waals surface area contributed by atoms with Crippen LogP contribution in [0.4, 0.5) is 0 Å². The predicted molar refractivity (Wildman–Crippen MR) is 112 cm³/mol. The van der Waals surface area contributed by atoms with Crippen LogP contribution in [0.15, 0.2) is 77.3 Å². The first kappa shape index (κ1) is 20.5. The molecular weight excluding hydrogens is 384 g/mol. The van der Waals surface area contributed by atoms with Crippen molar-refractivity contribution < 1.29 is 4.79 Å². The number of aromatic nitrogens is 1. The molecule has 1 aromatic carbocycles. The van der Waals surface area contributed by atoms with E-state index in [1.54, 1.807) is 23.1 Å². The van der Waals surface area contributed by atoms with Crippen LogP contribution in [0.5, 0.6) is 0 Å². The fourth-order valence-electron chi connectivity index (χ4n) is 2.49. The molecule has 3 rings (SSSR count). The van der Waals surface area contributed by atoms with E-state index < -0.39 is 0 Å². The van der Waals surface area contributed by atoms with Crippen molar-refractivity contribution >= 4 is 41.4 Å². The Morgan fingerprint density at radius 1 is 1.04 bits per heavy atom. The van der Waals surface area contributed by atoms with Gasteiger partial charge in [-0.1, -0.05) is 24.3 Å². The normalized spacial score (nSPS) is 10.2.